The minimum absolute atomic E-state index is 0.0284. The molecule has 9 heteroatoms. The lowest BCUT2D eigenvalue weighted by atomic mass is 9.69. The lowest BCUT2D eigenvalue weighted by Gasteiger charge is -2.49. The molecular weight excluding hydrogens is 434 g/mol. The fraction of sp³-hybridized carbons (Fsp3) is 0.320. The highest BCUT2D eigenvalue weighted by atomic mass is 16.2. The zero-order valence-corrected chi connectivity index (χ0v) is 19.2. The van der Waals surface area contributed by atoms with E-state index >= 15 is 0 Å². The molecule has 174 valence electrons. The second-order valence-corrected chi connectivity index (χ2v) is 8.89. The Hall–Kier alpha value is -4.01. The summed E-state index contributed by atoms with van der Waals surface area (Å²) < 4.78 is 1.41. The van der Waals surface area contributed by atoms with Crippen LogP contribution < -0.4 is 15.8 Å². The highest BCUT2D eigenvalue weighted by Crippen LogP contribution is 2.42. The van der Waals surface area contributed by atoms with Gasteiger partial charge < -0.3 is 4.90 Å². The van der Waals surface area contributed by atoms with Crippen LogP contribution in [-0.2, 0) is 22.6 Å². The second kappa shape index (κ2) is 7.79. The van der Waals surface area contributed by atoms with Crippen LogP contribution in [-0.4, -0.2) is 44.7 Å². The third kappa shape index (κ3) is 3.03. The smallest absolute Gasteiger partial charge is 0.331 e. The predicted octanol–water partition coefficient (Wildman–Crippen LogP) is 2.04. The normalized spacial score (nSPS) is 22.3. The van der Waals surface area contributed by atoms with Crippen LogP contribution in [0.25, 0.3) is 5.65 Å². The Kier molecular flexibility index (Phi) is 5.00. The number of nitrogens with one attached hydrogen (secondary N) is 1. The van der Waals surface area contributed by atoms with Gasteiger partial charge in [-0.15, -0.1) is 0 Å². The number of aryl methyl sites for hydroxylation is 1. The van der Waals surface area contributed by atoms with Gasteiger partial charge in [0.25, 0.3) is 5.56 Å². The van der Waals surface area contributed by atoms with Crippen molar-refractivity contribution in [3.05, 3.63) is 75.7 Å². The van der Waals surface area contributed by atoms with Gasteiger partial charge in [-0.2, -0.15) is 0 Å². The van der Waals surface area contributed by atoms with Crippen molar-refractivity contribution >= 4 is 29.3 Å². The van der Waals surface area contributed by atoms with Crippen LogP contribution in [0.4, 0.5) is 10.6 Å². The molecule has 0 bridgehead atoms. The molecule has 0 radical (unpaired) electrons. The van der Waals surface area contributed by atoms with E-state index in [1.165, 1.54) is 4.40 Å². The zero-order valence-electron chi connectivity index (χ0n) is 19.2. The molecule has 4 heterocycles. The Bertz CT molecular complexity index is 1400. The van der Waals surface area contributed by atoms with Crippen LogP contribution in [0.2, 0.25) is 0 Å². The molecule has 1 fully saturated rings. The molecule has 1 N–H and O–H groups in total. The van der Waals surface area contributed by atoms with Gasteiger partial charge in [0.15, 0.2) is 5.41 Å². The molecule has 1 spiro atoms. The van der Waals surface area contributed by atoms with E-state index in [1.54, 1.807) is 31.3 Å². The predicted molar refractivity (Wildman–Crippen MR) is 125 cm³/mol. The lowest BCUT2D eigenvalue weighted by molar-refractivity contribution is -0.153. The van der Waals surface area contributed by atoms with Gasteiger partial charge in [-0.3, -0.25) is 29.0 Å². The molecule has 1 aromatic carbocycles. The number of urea groups is 1. The van der Waals surface area contributed by atoms with E-state index in [1.807, 2.05) is 43.0 Å². The molecule has 9 nitrogen and oxygen atoms in total. The summed E-state index contributed by atoms with van der Waals surface area (Å²) in [4.78, 5) is 61.0. The first-order valence-corrected chi connectivity index (χ1v) is 11.3. The minimum atomic E-state index is -1.63. The van der Waals surface area contributed by atoms with Gasteiger partial charge in [0.1, 0.15) is 11.5 Å². The largest absolute Gasteiger partial charge is 0.352 e. The number of aromatic nitrogens is 2. The Labute approximate surface area is 196 Å². The van der Waals surface area contributed by atoms with Crippen molar-refractivity contribution in [2.75, 3.05) is 11.4 Å². The summed E-state index contributed by atoms with van der Waals surface area (Å²) in [6, 6.07) is 11.4. The van der Waals surface area contributed by atoms with Crippen molar-refractivity contribution in [3.63, 3.8) is 0 Å². The summed E-state index contributed by atoms with van der Waals surface area (Å²) in [5.74, 6) is -0.813. The van der Waals surface area contributed by atoms with Crippen molar-refractivity contribution in [2.45, 2.75) is 39.8 Å². The first kappa shape index (κ1) is 21.8. The number of carbonyl (C=O) groups is 3. The van der Waals surface area contributed by atoms with Gasteiger partial charge in [-0.1, -0.05) is 35.9 Å². The molecule has 1 saturated heterocycles. The number of carbonyl (C=O) groups excluding carboxylic acids is 3. The molecule has 3 aromatic rings. The molecule has 5 rings (SSSR count). The number of fused-ring (bicyclic) bond motifs is 2. The zero-order chi connectivity index (χ0) is 24.2. The standard InChI is InChI=1S/C25H25N5O4/c1-4-28-16(3)25(13-18-20(28)26-19-7-5-6-12-29(19)21(18)31)22(32)27-24(34)30(23(25)33)14-17-10-8-15(2)9-11-17/h5-12,16H,4,13-14H2,1-3H3,(H,27,32,34)/t16-,25+/m0/s1. The fourth-order valence-electron chi connectivity index (χ4n) is 5.06. The van der Waals surface area contributed by atoms with E-state index in [0.29, 0.717) is 18.0 Å². The number of pyridine rings is 1. The first-order valence-electron chi connectivity index (χ1n) is 11.3. The Morgan fingerprint density at radius 2 is 1.82 bits per heavy atom. The van der Waals surface area contributed by atoms with Gasteiger partial charge in [-0.25, -0.2) is 9.78 Å². The van der Waals surface area contributed by atoms with Gasteiger partial charge in [-0.05, 0) is 38.5 Å². The summed E-state index contributed by atoms with van der Waals surface area (Å²) >= 11 is 0. The van der Waals surface area contributed by atoms with Crippen LogP contribution in [0.1, 0.15) is 30.5 Å². The molecule has 0 unspecified atom stereocenters. The number of anilines is 1. The summed E-state index contributed by atoms with van der Waals surface area (Å²) in [5, 5.41) is 2.39. The molecule has 2 aromatic heterocycles. The van der Waals surface area contributed by atoms with E-state index in [9.17, 15) is 19.2 Å². The number of nitrogens with zero attached hydrogens (tertiary/aromatic N) is 4. The van der Waals surface area contributed by atoms with Gasteiger partial charge >= 0.3 is 6.03 Å². The summed E-state index contributed by atoms with van der Waals surface area (Å²) in [5.41, 5.74) is 0.641. The molecule has 4 amide bonds. The second-order valence-electron chi connectivity index (χ2n) is 8.89. The van der Waals surface area contributed by atoms with Crippen LogP contribution in [0, 0.1) is 12.3 Å². The van der Waals surface area contributed by atoms with Crippen LogP contribution in [0.15, 0.2) is 53.5 Å². The maximum atomic E-state index is 13.9. The van der Waals surface area contributed by atoms with Crippen LogP contribution >= 0.6 is 0 Å². The Morgan fingerprint density at radius 1 is 1.09 bits per heavy atom. The fourth-order valence-corrected chi connectivity index (χ4v) is 5.06. The maximum absolute atomic E-state index is 13.9. The monoisotopic (exact) mass is 459 g/mol. The highest BCUT2D eigenvalue weighted by Gasteiger charge is 2.61. The molecule has 34 heavy (non-hydrogen) atoms. The summed E-state index contributed by atoms with van der Waals surface area (Å²) in [6.45, 7) is 6.07. The molecule has 0 aliphatic carbocycles. The number of hydrogen-bond donors (Lipinski definition) is 1. The van der Waals surface area contributed by atoms with E-state index in [2.05, 4.69) is 10.3 Å². The van der Waals surface area contributed by atoms with Crippen molar-refractivity contribution in [1.29, 1.82) is 0 Å². The van der Waals surface area contributed by atoms with Crippen molar-refractivity contribution < 1.29 is 14.4 Å². The Balaban J connectivity index is 1.64. The van der Waals surface area contributed by atoms with E-state index in [-0.39, 0.29) is 24.1 Å². The average molecular weight is 460 g/mol. The number of benzene rings is 1. The van der Waals surface area contributed by atoms with Gasteiger partial charge in [0, 0.05) is 19.2 Å². The third-order valence-corrected chi connectivity index (χ3v) is 7.01. The highest BCUT2D eigenvalue weighted by molar-refractivity contribution is 6.20. The number of imide groups is 2. The number of rotatable bonds is 3. The molecule has 2 aliphatic rings. The van der Waals surface area contributed by atoms with Crippen molar-refractivity contribution in [3.8, 4) is 0 Å². The van der Waals surface area contributed by atoms with Crippen LogP contribution in [0.5, 0.6) is 0 Å². The van der Waals surface area contributed by atoms with Crippen molar-refractivity contribution in [2.24, 2.45) is 5.41 Å². The van der Waals surface area contributed by atoms with E-state index in [0.717, 1.165) is 16.0 Å². The maximum Gasteiger partial charge on any atom is 0.331 e. The topological polar surface area (TPSA) is 104 Å². The number of hydrogen-bond acceptors (Lipinski definition) is 6. The molecule has 2 aliphatic heterocycles. The molecular formula is C25H25N5O4. The number of amides is 4. The lowest BCUT2D eigenvalue weighted by Crippen LogP contribution is -2.71. The van der Waals surface area contributed by atoms with Gasteiger partial charge in [0.05, 0.1) is 18.2 Å². The number of barbiturate groups is 1. The summed E-state index contributed by atoms with van der Waals surface area (Å²) in [6.07, 6.45) is 1.48. The Morgan fingerprint density at radius 3 is 2.53 bits per heavy atom. The van der Waals surface area contributed by atoms with Crippen molar-refractivity contribution in [1.82, 2.24) is 19.6 Å². The summed E-state index contributed by atoms with van der Waals surface area (Å²) in [7, 11) is 0. The average Bonchev–Trinajstić information content (AvgIpc) is 2.82. The van der Waals surface area contributed by atoms with E-state index < -0.39 is 29.3 Å². The SMILES string of the molecule is CCN1c2nc3ccccn3c(=O)c2C[C@]2(C(=O)NC(=O)N(Cc3ccc(C)cc3)C2=O)[C@@H]1C. The minimum Gasteiger partial charge on any atom is -0.352 e. The van der Waals surface area contributed by atoms with E-state index in [4.69, 9.17) is 0 Å². The van der Waals surface area contributed by atoms with Gasteiger partial charge in [0.2, 0.25) is 11.8 Å². The van der Waals surface area contributed by atoms with Crippen LogP contribution in [0.3, 0.4) is 0 Å². The molecule has 0 saturated carbocycles. The first-order chi connectivity index (χ1) is 16.3. The quantitative estimate of drug-likeness (QED) is 0.601. The molecule has 2 atom stereocenters. The third-order valence-electron chi connectivity index (χ3n) is 7.01.